The van der Waals surface area contributed by atoms with E-state index in [1.54, 1.807) is 12.1 Å². The van der Waals surface area contributed by atoms with Gasteiger partial charge in [-0.05, 0) is 82.5 Å². The van der Waals surface area contributed by atoms with E-state index in [1.165, 1.54) is 38.5 Å². The lowest BCUT2D eigenvalue weighted by Gasteiger charge is -2.25. The zero-order chi connectivity index (χ0) is 52.5. The van der Waals surface area contributed by atoms with Gasteiger partial charge in [-0.25, -0.2) is 23.5 Å². The highest BCUT2D eigenvalue weighted by molar-refractivity contribution is 8.77. The van der Waals surface area contributed by atoms with Crippen LogP contribution >= 0.6 is 45.1 Å². The number of hydrogen-bond acceptors (Lipinski definition) is 19. The number of rotatable bonds is 21. The number of nitrogens with one attached hydrogen (secondary N) is 3. The van der Waals surface area contributed by atoms with Crippen LogP contribution in [0.2, 0.25) is 0 Å². The molecule has 2 aromatic carbocycles. The van der Waals surface area contributed by atoms with Crippen molar-refractivity contribution in [3.05, 3.63) is 86.8 Å². The highest BCUT2D eigenvalue weighted by atomic mass is 33.1. The molecule has 388 valence electrons. The molecule has 5 atom stereocenters. The number of H-pyrrole nitrogens is 1. The van der Waals surface area contributed by atoms with Crippen LogP contribution in [0.25, 0.3) is 44.6 Å². The quantitative estimate of drug-likeness (QED) is 0.0123. The number of benzene rings is 3. The van der Waals surface area contributed by atoms with Crippen LogP contribution in [0.5, 0.6) is 0 Å². The predicted octanol–water partition coefficient (Wildman–Crippen LogP) is 6.45. The highest BCUT2D eigenvalue weighted by Gasteiger charge is 2.44. The van der Waals surface area contributed by atoms with E-state index in [0.29, 0.717) is 46.5 Å². The summed E-state index contributed by atoms with van der Waals surface area (Å²) >= 11 is 0. The molecule has 0 bridgehead atoms. The Bertz CT molecular complexity index is 3310. The smallest absolute Gasteiger partial charge is 0.478 e. The Morgan fingerprint density at radius 3 is 2.47 bits per heavy atom. The molecular formula is C42H51N8O17P3S2. The Morgan fingerprint density at radius 2 is 1.78 bits per heavy atom. The number of hydrogen-bond donors (Lipinski definition) is 9. The van der Waals surface area contributed by atoms with Crippen molar-refractivity contribution in [3.63, 3.8) is 0 Å². The number of aromatic amines is 1. The number of ether oxygens (including phenoxy) is 2. The molecule has 4 heterocycles. The van der Waals surface area contributed by atoms with Gasteiger partial charge in [0.05, 0.1) is 30.0 Å². The first-order chi connectivity index (χ1) is 33.8. The lowest BCUT2D eigenvalue weighted by Crippen LogP contribution is -2.36. The second-order valence-corrected chi connectivity index (χ2v) is 24.2. The van der Waals surface area contributed by atoms with Crippen molar-refractivity contribution in [1.29, 1.82) is 0 Å². The molecule has 1 saturated heterocycles. The van der Waals surface area contributed by atoms with E-state index in [4.69, 9.17) is 33.9 Å². The Kier molecular flexibility index (Phi) is 16.6. The number of fused-ring (bicyclic) bond motifs is 3. The summed E-state index contributed by atoms with van der Waals surface area (Å²) in [5.74, 6) is -1.52. The van der Waals surface area contributed by atoms with Crippen LogP contribution in [-0.2, 0) is 36.3 Å². The number of nitrogens with zero attached hydrogens (tertiary/aromatic N) is 4. The molecule has 0 saturated carbocycles. The molecule has 3 aliphatic rings. The minimum absolute atomic E-state index is 0.00484. The van der Waals surface area contributed by atoms with E-state index in [-0.39, 0.29) is 47.1 Å². The van der Waals surface area contributed by atoms with Gasteiger partial charge in [0.1, 0.15) is 29.6 Å². The molecular weight excluding hydrogens is 1050 g/mol. The van der Waals surface area contributed by atoms with Crippen LogP contribution < -0.4 is 27.3 Å². The van der Waals surface area contributed by atoms with E-state index in [2.05, 4.69) is 39.2 Å². The second-order valence-electron chi connectivity index (χ2n) is 16.8. The van der Waals surface area contributed by atoms with Gasteiger partial charge >= 0.3 is 29.4 Å². The number of phosphoric acid groups is 3. The molecule has 3 unspecified atom stereocenters. The number of carboxylic acids is 1. The van der Waals surface area contributed by atoms with Gasteiger partial charge in [-0.2, -0.15) is 13.6 Å². The molecule has 10 N–H and O–H groups in total. The Labute approximate surface area is 417 Å². The Hall–Kier alpha value is -4.95. The number of imidazole rings is 1. The van der Waals surface area contributed by atoms with E-state index in [1.807, 2.05) is 65.8 Å². The van der Waals surface area contributed by atoms with Crippen molar-refractivity contribution >= 4 is 90.7 Å². The largest absolute Gasteiger partial charge is 0.490 e. The highest BCUT2D eigenvalue weighted by Crippen LogP contribution is 2.66. The molecule has 2 aromatic heterocycles. The molecule has 72 heavy (non-hydrogen) atoms. The van der Waals surface area contributed by atoms with E-state index in [0.717, 1.165) is 22.2 Å². The van der Waals surface area contributed by atoms with Crippen molar-refractivity contribution in [2.24, 2.45) is 4.99 Å². The van der Waals surface area contributed by atoms with Gasteiger partial charge in [0.15, 0.2) is 11.2 Å². The predicted molar refractivity (Wildman–Crippen MR) is 267 cm³/mol. The van der Waals surface area contributed by atoms with Crippen molar-refractivity contribution in [2.45, 2.75) is 71.1 Å². The molecule has 0 spiro atoms. The minimum Gasteiger partial charge on any atom is -0.478 e. The molecule has 1 fully saturated rings. The molecule has 30 heteroatoms. The number of aryl methyl sites for hydroxylation is 2. The molecule has 25 nitrogen and oxygen atoms in total. The normalized spacial score (nSPS) is 18.4. The number of nitrogens with two attached hydrogens (primary N) is 1. The monoisotopic (exact) mass is 1100 g/mol. The van der Waals surface area contributed by atoms with Crippen LogP contribution in [0.4, 0.5) is 11.6 Å². The first kappa shape index (κ1) is 54.8. The zero-order valence-electron chi connectivity index (χ0n) is 39.3. The lowest BCUT2D eigenvalue weighted by atomic mass is 9.88. The summed E-state index contributed by atoms with van der Waals surface area (Å²) < 4.78 is 67.4. The zero-order valence-corrected chi connectivity index (χ0v) is 43.6. The van der Waals surface area contributed by atoms with Crippen molar-refractivity contribution in [3.8, 4) is 22.5 Å². The van der Waals surface area contributed by atoms with E-state index >= 15 is 0 Å². The van der Waals surface area contributed by atoms with Crippen molar-refractivity contribution < 1.29 is 75.0 Å². The fraction of sp³-hybridized carbons (Fsp3) is 0.381. The van der Waals surface area contributed by atoms with Crippen LogP contribution in [0.15, 0.2) is 63.0 Å². The number of anilines is 2. The third-order valence-electron chi connectivity index (χ3n) is 10.9. The average Bonchev–Trinajstić information content (AvgIpc) is 3.89. The summed E-state index contributed by atoms with van der Waals surface area (Å²) in [4.78, 5) is 91.8. The minimum atomic E-state index is -5.81. The van der Waals surface area contributed by atoms with Crippen LogP contribution in [0, 0.1) is 13.8 Å². The van der Waals surface area contributed by atoms with E-state index in [9.17, 15) is 43.0 Å². The van der Waals surface area contributed by atoms with Crippen molar-refractivity contribution in [1.82, 2.24) is 24.8 Å². The molecule has 0 radical (unpaired) electrons. The van der Waals surface area contributed by atoms with E-state index < -0.39 is 70.7 Å². The summed E-state index contributed by atoms with van der Waals surface area (Å²) in [5.41, 5.74) is 9.98. The Balaban J connectivity index is 1.04. The SMILES string of the molecule is CCN=c1cc2oc3cc(NCC)c(C)cc3c(-c3ccc(C(=O)NCC(C)(C)SSCO[C@@H]4C[C@H](n5cnc6c(=O)[nH]c(N)nc65)OC4COP(=O)(O)OP(=O)(O)OP(=O)(O)O)cc3C(=O)O)c-2cc1C. The summed E-state index contributed by atoms with van der Waals surface area (Å²) in [6.07, 6.45) is -1.89. The number of phosphoric ester groups is 1. The van der Waals surface area contributed by atoms with Gasteiger partial charge in [0.2, 0.25) is 5.95 Å². The molecule has 7 rings (SSSR count). The first-order valence-corrected chi connectivity index (χ1v) is 28.6. The third-order valence-corrected chi connectivity index (χ3v) is 17.7. The number of carboxylic acid groups (broad SMARTS) is 1. The summed E-state index contributed by atoms with van der Waals surface area (Å²) in [5, 5.41) is 18.3. The molecule has 1 amide bonds. The van der Waals surface area contributed by atoms with Gasteiger partial charge in [0, 0.05) is 70.7 Å². The maximum absolute atomic E-state index is 13.7. The fourth-order valence-corrected chi connectivity index (χ4v) is 13.0. The summed E-state index contributed by atoms with van der Waals surface area (Å²) in [6, 6.07) is 12.2. The topological polar surface area (TPSA) is 372 Å². The standard InChI is InChI=1S/C42H51N8O17P3S2/c1-7-44-28-14-30-26(11-21(28)3)35(27-12-22(4)29(45-8-2)15-31(27)64-30)24-10-9-23(13-25(24)40(53)54)38(51)46-18-42(5,6)72-71-20-62-32-16-34(50-19-47-36-37(50)48-41(43)49-39(36)52)65-33(32)17-63-69(58,59)67-70(60,61)66-68(55,56)57/h9-15,19,32-34,44H,7-8,16-18,20H2,1-6H3,(H,46,51)(H,53,54)(H,58,59)(H,60,61)(H2,55,56,57)(H3,43,48,49,52)/t32-,33?,34-/m1/s1. The second kappa shape index (κ2) is 21.9. The lowest BCUT2D eigenvalue weighted by molar-refractivity contribution is -0.0522. The number of amides is 1. The first-order valence-electron chi connectivity index (χ1n) is 21.8. The van der Waals surface area contributed by atoms with Crippen LogP contribution in [0.1, 0.15) is 72.2 Å². The van der Waals surface area contributed by atoms with Gasteiger partial charge < -0.3 is 54.9 Å². The van der Waals surface area contributed by atoms with Gasteiger partial charge in [-0.1, -0.05) is 27.7 Å². The number of aromatic carboxylic acids is 1. The summed E-state index contributed by atoms with van der Waals surface area (Å²) in [6.45, 7) is 12.0. The number of aromatic nitrogens is 4. The third kappa shape index (κ3) is 13.0. The van der Waals surface area contributed by atoms with Gasteiger partial charge in [-0.3, -0.25) is 28.7 Å². The Morgan fingerprint density at radius 1 is 1.03 bits per heavy atom. The van der Waals surface area contributed by atoms with Crippen LogP contribution in [-0.4, -0.2) is 105 Å². The molecule has 4 aromatic rings. The maximum atomic E-state index is 13.7. The number of nitrogen functional groups attached to an aromatic ring is 1. The van der Waals surface area contributed by atoms with Gasteiger partial charge in [-0.15, -0.1) is 0 Å². The maximum Gasteiger partial charge on any atom is 0.490 e. The average molecular weight is 1100 g/mol. The number of carbonyl (C=O) groups is 2. The van der Waals surface area contributed by atoms with Crippen molar-refractivity contribution in [2.75, 3.05) is 43.2 Å². The summed E-state index contributed by atoms with van der Waals surface area (Å²) in [7, 11) is -14.5. The molecule has 2 aliphatic heterocycles. The molecule has 1 aliphatic carbocycles. The fourth-order valence-electron chi connectivity index (χ4n) is 7.83. The van der Waals surface area contributed by atoms with Gasteiger partial charge in [0.25, 0.3) is 11.5 Å². The number of carbonyl (C=O) groups excluding carboxylic acids is 1. The van der Waals surface area contributed by atoms with Crippen LogP contribution in [0.3, 0.4) is 0 Å².